The van der Waals surface area contributed by atoms with Crippen LogP contribution in [-0.4, -0.2) is 25.1 Å². The maximum absolute atomic E-state index is 12.3. The van der Waals surface area contributed by atoms with Crippen LogP contribution in [0.25, 0.3) is 0 Å². The Bertz CT molecular complexity index is 925. The minimum absolute atomic E-state index is 0. The third-order valence-electron chi connectivity index (χ3n) is 6.96. The molecular weight excluding hydrogens is 460 g/mol. The predicted octanol–water partition coefficient (Wildman–Crippen LogP) is 7.47. The number of benzene rings is 1. The number of hydrogen-bond donors (Lipinski definition) is 1. The summed E-state index contributed by atoms with van der Waals surface area (Å²) in [6.07, 6.45) is 16.6. The van der Waals surface area contributed by atoms with Crippen molar-refractivity contribution in [3.05, 3.63) is 47.0 Å². The van der Waals surface area contributed by atoms with Gasteiger partial charge in [0, 0.05) is 6.21 Å². The molecule has 0 spiro atoms. The third kappa shape index (κ3) is 10.8. The Hall–Kier alpha value is -1.83. The molecule has 0 fully saturated rings. The predicted molar refractivity (Wildman–Crippen MR) is 147 cm³/mol. The fraction of sp³-hybridized carbons (Fsp3) is 0.643. The summed E-state index contributed by atoms with van der Waals surface area (Å²) in [5, 5.41) is 0. The van der Waals surface area contributed by atoms with E-state index in [0.717, 1.165) is 30.0 Å². The fourth-order valence-corrected chi connectivity index (χ4v) is 5.32. The SMILES string of the molecule is C=CC(=O)N=CCCC(C)(c1ccc(CCCCCCCCCCCC)c(C)c1C)S(=O)(=O)[O-].[NH4+]. The summed E-state index contributed by atoms with van der Waals surface area (Å²) in [6, 6.07) is 3.78. The molecule has 0 aromatic heterocycles. The number of amides is 1. The van der Waals surface area contributed by atoms with Crippen LogP contribution in [0.15, 0.2) is 29.8 Å². The van der Waals surface area contributed by atoms with Gasteiger partial charge in [-0.2, -0.15) is 0 Å². The molecule has 1 unspecified atom stereocenters. The number of aliphatic imine (C=N–C) groups is 1. The maximum Gasteiger partial charge on any atom is 0.268 e. The van der Waals surface area contributed by atoms with E-state index in [1.807, 2.05) is 19.9 Å². The van der Waals surface area contributed by atoms with Crippen molar-refractivity contribution in [1.82, 2.24) is 6.15 Å². The molecule has 1 rings (SSSR count). The van der Waals surface area contributed by atoms with Crippen LogP contribution in [0.4, 0.5) is 0 Å². The quantitative estimate of drug-likeness (QED) is 0.101. The third-order valence-corrected chi connectivity index (χ3v) is 8.49. The van der Waals surface area contributed by atoms with Crippen molar-refractivity contribution >= 4 is 22.2 Å². The van der Waals surface area contributed by atoms with Gasteiger partial charge in [0.05, 0.1) is 4.75 Å². The highest BCUT2D eigenvalue weighted by Crippen LogP contribution is 2.37. The highest BCUT2D eigenvalue weighted by atomic mass is 32.2. The molecule has 200 valence electrons. The van der Waals surface area contributed by atoms with Gasteiger partial charge in [0.2, 0.25) is 0 Å². The minimum atomic E-state index is -4.63. The van der Waals surface area contributed by atoms with Crippen molar-refractivity contribution in [2.75, 3.05) is 0 Å². The van der Waals surface area contributed by atoms with E-state index in [2.05, 4.69) is 18.5 Å². The highest BCUT2D eigenvalue weighted by Gasteiger charge is 2.35. The number of carbonyl (C=O) groups excluding carboxylic acids is 1. The molecule has 35 heavy (non-hydrogen) atoms. The first-order valence-electron chi connectivity index (χ1n) is 12.8. The Morgan fingerprint density at radius 1 is 1.00 bits per heavy atom. The normalized spacial score (nSPS) is 13.4. The van der Waals surface area contributed by atoms with Crippen molar-refractivity contribution in [3.63, 3.8) is 0 Å². The van der Waals surface area contributed by atoms with Crippen LogP contribution in [0.3, 0.4) is 0 Å². The second-order valence-corrected chi connectivity index (χ2v) is 11.3. The largest absolute Gasteiger partial charge is 0.747 e. The van der Waals surface area contributed by atoms with Crippen LogP contribution < -0.4 is 6.15 Å². The number of hydrogen-bond acceptors (Lipinski definition) is 4. The topological polar surface area (TPSA) is 123 Å². The summed E-state index contributed by atoms with van der Waals surface area (Å²) < 4.78 is 35.2. The first kappa shape index (κ1) is 33.2. The zero-order valence-corrected chi connectivity index (χ0v) is 23.5. The Balaban J connectivity index is 0.0000116. The number of rotatable bonds is 17. The molecule has 0 saturated heterocycles. The van der Waals surface area contributed by atoms with E-state index in [4.69, 9.17) is 0 Å². The molecule has 1 aromatic rings. The fourth-order valence-electron chi connectivity index (χ4n) is 4.46. The molecule has 0 radical (unpaired) electrons. The number of quaternary nitrogens is 1. The number of carbonyl (C=O) groups is 1. The van der Waals surface area contributed by atoms with E-state index in [9.17, 15) is 17.8 Å². The standard InChI is InChI=1S/C28H45NO4S.H3N/c1-6-8-9-10-11-12-13-14-15-16-18-25-19-20-26(24(4)23(25)3)28(5,34(31,32)33)21-17-22-29-27(30)7-2;/h7,19-20,22H,2,6,8-18,21H2,1,3-5H3,(H,31,32,33);1H3. The molecule has 0 aliphatic heterocycles. The highest BCUT2D eigenvalue weighted by molar-refractivity contribution is 7.86. The zero-order valence-electron chi connectivity index (χ0n) is 22.7. The number of nitrogens with zero attached hydrogens (tertiary/aromatic N) is 1. The van der Waals surface area contributed by atoms with Crippen molar-refractivity contribution in [2.45, 2.75) is 116 Å². The van der Waals surface area contributed by atoms with Gasteiger partial charge in [0.15, 0.2) is 0 Å². The van der Waals surface area contributed by atoms with Gasteiger partial charge in [-0.05, 0) is 74.8 Å². The second-order valence-electron chi connectivity index (χ2n) is 9.53. The van der Waals surface area contributed by atoms with Gasteiger partial charge < -0.3 is 10.7 Å². The molecule has 0 aliphatic carbocycles. The second kappa shape index (κ2) is 16.8. The lowest BCUT2D eigenvalue weighted by Crippen LogP contribution is -2.33. The van der Waals surface area contributed by atoms with Gasteiger partial charge in [-0.15, -0.1) is 0 Å². The minimum Gasteiger partial charge on any atom is -0.747 e. The first-order chi connectivity index (χ1) is 16.1. The van der Waals surface area contributed by atoms with Crippen molar-refractivity contribution in [3.8, 4) is 0 Å². The van der Waals surface area contributed by atoms with Crippen LogP contribution >= 0.6 is 0 Å². The summed E-state index contributed by atoms with van der Waals surface area (Å²) >= 11 is 0. The number of unbranched alkanes of at least 4 members (excludes halogenated alkanes) is 9. The molecular formula is C28H48N2O4S. The lowest BCUT2D eigenvalue weighted by atomic mass is 9.86. The molecule has 7 heteroatoms. The molecule has 6 nitrogen and oxygen atoms in total. The van der Waals surface area contributed by atoms with Crippen LogP contribution in [0, 0.1) is 13.8 Å². The van der Waals surface area contributed by atoms with Gasteiger partial charge in [-0.1, -0.05) is 83.4 Å². The molecule has 1 aromatic carbocycles. The van der Waals surface area contributed by atoms with Gasteiger partial charge >= 0.3 is 0 Å². The summed E-state index contributed by atoms with van der Waals surface area (Å²) in [4.78, 5) is 14.9. The van der Waals surface area contributed by atoms with E-state index in [-0.39, 0.29) is 19.0 Å². The first-order valence-corrected chi connectivity index (χ1v) is 14.2. The van der Waals surface area contributed by atoms with E-state index >= 15 is 0 Å². The molecule has 0 saturated carbocycles. The van der Waals surface area contributed by atoms with Gasteiger partial charge in [0.25, 0.3) is 5.91 Å². The zero-order chi connectivity index (χ0) is 25.6. The maximum atomic E-state index is 12.3. The van der Waals surface area contributed by atoms with E-state index < -0.39 is 20.8 Å². The van der Waals surface area contributed by atoms with Gasteiger partial charge in [-0.25, -0.2) is 13.4 Å². The smallest absolute Gasteiger partial charge is 0.268 e. The van der Waals surface area contributed by atoms with E-state index in [1.165, 1.54) is 76.5 Å². The summed E-state index contributed by atoms with van der Waals surface area (Å²) in [5.74, 6) is -0.491. The molecule has 0 aliphatic rings. The van der Waals surface area contributed by atoms with Crippen LogP contribution in [0.1, 0.15) is 113 Å². The summed E-state index contributed by atoms with van der Waals surface area (Å²) in [5.41, 5.74) is 3.66. The van der Waals surface area contributed by atoms with E-state index in [0.29, 0.717) is 5.56 Å². The average molecular weight is 509 g/mol. The Labute approximate surface area is 214 Å². The lowest BCUT2D eigenvalue weighted by Gasteiger charge is -2.34. The van der Waals surface area contributed by atoms with Crippen molar-refractivity contribution < 1.29 is 17.8 Å². The van der Waals surface area contributed by atoms with Crippen molar-refractivity contribution in [1.29, 1.82) is 0 Å². The van der Waals surface area contributed by atoms with Crippen LogP contribution in [0.5, 0.6) is 0 Å². The summed E-state index contributed by atoms with van der Waals surface area (Å²) in [7, 11) is -4.63. The molecule has 4 N–H and O–H groups in total. The van der Waals surface area contributed by atoms with Crippen LogP contribution in [0.2, 0.25) is 0 Å². The van der Waals surface area contributed by atoms with Crippen LogP contribution in [-0.2, 0) is 26.1 Å². The van der Waals surface area contributed by atoms with Gasteiger partial charge in [0.1, 0.15) is 10.1 Å². The Kier molecular flexibility index (Phi) is 15.9. The number of aryl methyl sites for hydroxylation is 1. The van der Waals surface area contributed by atoms with Crippen molar-refractivity contribution in [2.24, 2.45) is 4.99 Å². The Morgan fingerprint density at radius 2 is 1.54 bits per heavy atom. The van der Waals surface area contributed by atoms with Gasteiger partial charge in [-0.3, -0.25) is 4.79 Å². The molecule has 0 heterocycles. The monoisotopic (exact) mass is 508 g/mol. The Morgan fingerprint density at radius 3 is 2.06 bits per heavy atom. The molecule has 1 atom stereocenters. The average Bonchev–Trinajstić information content (AvgIpc) is 2.79. The molecule has 0 bridgehead atoms. The lowest BCUT2D eigenvalue weighted by molar-refractivity contribution is -0.113. The summed E-state index contributed by atoms with van der Waals surface area (Å²) in [6.45, 7) is 11.0. The van der Waals surface area contributed by atoms with E-state index in [1.54, 1.807) is 6.07 Å². The molecule has 1 amide bonds.